The van der Waals surface area contributed by atoms with Crippen molar-refractivity contribution >= 4 is 11.9 Å². The molecule has 2 rings (SSSR count). The number of para-hydroxylation sites is 1. The molecule has 1 aromatic carbocycles. The van der Waals surface area contributed by atoms with Crippen molar-refractivity contribution in [2.75, 3.05) is 38.0 Å². The molecule has 112 valence electrons. The summed E-state index contributed by atoms with van der Waals surface area (Å²) in [5, 5.41) is 12.0. The molecule has 0 amide bonds. The Morgan fingerprint density at radius 3 is 2.62 bits per heavy atom. The van der Waals surface area contributed by atoms with Crippen LogP contribution in [0, 0.1) is 0 Å². The van der Waals surface area contributed by atoms with Crippen molar-refractivity contribution in [3.63, 3.8) is 0 Å². The minimum absolute atomic E-state index is 0.0578. The van der Waals surface area contributed by atoms with E-state index in [1.807, 2.05) is 38.4 Å². The number of rotatable bonds is 6. The molecule has 7 heteroatoms. The van der Waals surface area contributed by atoms with Crippen molar-refractivity contribution in [2.45, 2.75) is 6.42 Å². The molecule has 0 aliphatic heterocycles. The number of hydrogen-bond donors (Lipinski definition) is 2. The molecular formula is C14H19N5O2. The van der Waals surface area contributed by atoms with Crippen molar-refractivity contribution in [1.29, 1.82) is 0 Å². The van der Waals surface area contributed by atoms with Gasteiger partial charge in [0.05, 0.1) is 0 Å². The van der Waals surface area contributed by atoms with Gasteiger partial charge in [0.15, 0.2) is 0 Å². The SMILES string of the molecule is CNc1nc(Oc2ccccc2CCO)nc(N(C)C)n1. The molecule has 0 spiro atoms. The summed E-state index contributed by atoms with van der Waals surface area (Å²) < 4.78 is 5.76. The van der Waals surface area contributed by atoms with Gasteiger partial charge in [0.25, 0.3) is 0 Å². The molecule has 0 saturated heterocycles. The Balaban J connectivity index is 2.32. The van der Waals surface area contributed by atoms with Crippen molar-refractivity contribution in [3.8, 4) is 11.8 Å². The summed E-state index contributed by atoms with van der Waals surface area (Å²) in [5.74, 6) is 1.57. The Morgan fingerprint density at radius 1 is 1.19 bits per heavy atom. The Bertz CT molecular complexity index is 604. The lowest BCUT2D eigenvalue weighted by Crippen LogP contribution is -2.15. The zero-order valence-corrected chi connectivity index (χ0v) is 12.4. The lowest BCUT2D eigenvalue weighted by molar-refractivity contribution is 0.297. The molecule has 1 aromatic heterocycles. The number of aromatic nitrogens is 3. The topological polar surface area (TPSA) is 83.4 Å². The highest BCUT2D eigenvalue weighted by Gasteiger charge is 2.11. The van der Waals surface area contributed by atoms with Crippen LogP contribution < -0.4 is 15.0 Å². The average molecular weight is 289 g/mol. The van der Waals surface area contributed by atoms with Gasteiger partial charge in [-0.1, -0.05) is 18.2 Å². The predicted molar refractivity (Wildman–Crippen MR) is 81.0 cm³/mol. The summed E-state index contributed by atoms with van der Waals surface area (Å²) >= 11 is 0. The molecule has 0 aliphatic rings. The van der Waals surface area contributed by atoms with Crippen molar-refractivity contribution in [3.05, 3.63) is 29.8 Å². The van der Waals surface area contributed by atoms with Crippen LogP contribution in [0.1, 0.15) is 5.56 Å². The van der Waals surface area contributed by atoms with Gasteiger partial charge in [-0.3, -0.25) is 0 Å². The standard InChI is InChI=1S/C14H19N5O2/c1-15-12-16-13(19(2)3)18-14(17-12)21-11-7-5-4-6-10(11)8-9-20/h4-7,20H,8-9H2,1-3H3,(H,15,16,17,18). The van der Waals surface area contributed by atoms with Gasteiger partial charge in [0.2, 0.25) is 11.9 Å². The van der Waals surface area contributed by atoms with Crippen LogP contribution in [0.5, 0.6) is 11.8 Å². The van der Waals surface area contributed by atoms with Gasteiger partial charge in [0.1, 0.15) is 5.75 Å². The van der Waals surface area contributed by atoms with Gasteiger partial charge in [0, 0.05) is 27.7 Å². The first-order chi connectivity index (χ1) is 10.1. The third-order valence-electron chi connectivity index (χ3n) is 2.78. The van der Waals surface area contributed by atoms with E-state index >= 15 is 0 Å². The fourth-order valence-corrected chi connectivity index (χ4v) is 1.73. The quantitative estimate of drug-likeness (QED) is 0.829. The van der Waals surface area contributed by atoms with Crippen molar-refractivity contribution in [2.24, 2.45) is 0 Å². The first-order valence-electron chi connectivity index (χ1n) is 6.62. The van der Waals surface area contributed by atoms with Gasteiger partial charge in [-0.15, -0.1) is 0 Å². The van der Waals surface area contributed by atoms with Crippen LogP contribution in [-0.4, -0.2) is 47.8 Å². The molecule has 0 bridgehead atoms. The van der Waals surface area contributed by atoms with Crippen LogP contribution in [0.4, 0.5) is 11.9 Å². The molecule has 0 saturated carbocycles. The van der Waals surface area contributed by atoms with Crippen LogP contribution in [-0.2, 0) is 6.42 Å². The Kier molecular flexibility index (Phi) is 4.89. The fraction of sp³-hybridized carbons (Fsp3) is 0.357. The predicted octanol–water partition coefficient (Wildman–Crippen LogP) is 1.31. The number of aliphatic hydroxyl groups is 1. The maximum atomic E-state index is 9.10. The number of aliphatic hydroxyl groups excluding tert-OH is 1. The summed E-state index contributed by atoms with van der Waals surface area (Å²) in [6.07, 6.45) is 0.515. The lowest BCUT2D eigenvalue weighted by Gasteiger charge is -2.13. The second-order valence-corrected chi connectivity index (χ2v) is 4.57. The zero-order chi connectivity index (χ0) is 15.2. The Morgan fingerprint density at radius 2 is 1.95 bits per heavy atom. The minimum Gasteiger partial charge on any atom is -0.424 e. The molecule has 21 heavy (non-hydrogen) atoms. The molecule has 0 unspecified atom stereocenters. The van der Waals surface area contributed by atoms with Gasteiger partial charge >= 0.3 is 6.01 Å². The largest absolute Gasteiger partial charge is 0.424 e. The molecule has 0 aliphatic carbocycles. The van der Waals surface area contributed by atoms with E-state index < -0.39 is 0 Å². The maximum absolute atomic E-state index is 9.10. The summed E-state index contributed by atoms with van der Waals surface area (Å²) in [6.45, 7) is 0.0578. The fourth-order valence-electron chi connectivity index (χ4n) is 1.73. The normalized spacial score (nSPS) is 10.3. The molecule has 2 aromatic rings. The summed E-state index contributed by atoms with van der Waals surface area (Å²) in [4.78, 5) is 14.4. The van der Waals surface area contributed by atoms with E-state index in [0.29, 0.717) is 24.1 Å². The minimum atomic E-state index is 0.0578. The van der Waals surface area contributed by atoms with Gasteiger partial charge in [-0.2, -0.15) is 15.0 Å². The summed E-state index contributed by atoms with van der Waals surface area (Å²) in [6, 6.07) is 7.70. The van der Waals surface area contributed by atoms with Crippen LogP contribution in [0.25, 0.3) is 0 Å². The van der Waals surface area contributed by atoms with Crippen LogP contribution >= 0.6 is 0 Å². The molecule has 0 radical (unpaired) electrons. The monoisotopic (exact) mass is 289 g/mol. The molecular weight excluding hydrogens is 270 g/mol. The van der Waals surface area contributed by atoms with E-state index in [0.717, 1.165) is 5.56 Å². The molecule has 2 N–H and O–H groups in total. The van der Waals surface area contributed by atoms with E-state index in [-0.39, 0.29) is 12.6 Å². The average Bonchev–Trinajstić information content (AvgIpc) is 2.49. The molecule has 7 nitrogen and oxygen atoms in total. The lowest BCUT2D eigenvalue weighted by atomic mass is 10.1. The van der Waals surface area contributed by atoms with E-state index in [9.17, 15) is 0 Å². The van der Waals surface area contributed by atoms with E-state index in [4.69, 9.17) is 9.84 Å². The first kappa shape index (κ1) is 15.0. The maximum Gasteiger partial charge on any atom is 0.328 e. The summed E-state index contributed by atoms with van der Waals surface area (Å²) in [5.41, 5.74) is 0.901. The molecule has 1 heterocycles. The summed E-state index contributed by atoms with van der Waals surface area (Å²) in [7, 11) is 5.43. The second-order valence-electron chi connectivity index (χ2n) is 4.57. The van der Waals surface area contributed by atoms with Crippen LogP contribution in [0.15, 0.2) is 24.3 Å². The first-order valence-corrected chi connectivity index (χ1v) is 6.62. The van der Waals surface area contributed by atoms with Gasteiger partial charge in [-0.25, -0.2) is 0 Å². The number of hydrogen-bond acceptors (Lipinski definition) is 7. The molecule has 0 fully saturated rings. The highest BCUT2D eigenvalue weighted by molar-refractivity contribution is 5.39. The van der Waals surface area contributed by atoms with Gasteiger partial charge in [-0.05, 0) is 18.1 Å². The second kappa shape index (κ2) is 6.85. The van der Waals surface area contributed by atoms with E-state index in [1.165, 1.54) is 0 Å². The van der Waals surface area contributed by atoms with Crippen molar-refractivity contribution in [1.82, 2.24) is 15.0 Å². The van der Waals surface area contributed by atoms with E-state index in [2.05, 4.69) is 20.3 Å². The smallest absolute Gasteiger partial charge is 0.328 e. The number of benzene rings is 1. The van der Waals surface area contributed by atoms with Crippen LogP contribution in [0.3, 0.4) is 0 Å². The van der Waals surface area contributed by atoms with Gasteiger partial charge < -0.3 is 20.1 Å². The van der Waals surface area contributed by atoms with Crippen LogP contribution in [0.2, 0.25) is 0 Å². The highest BCUT2D eigenvalue weighted by atomic mass is 16.5. The number of anilines is 2. The van der Waals surface area contributed by atoms with E-state index in [1.54, 1.807) is 11.9 Å². The third-order valence-corrected chi connectivity index (χ3v) is 2.78. The van der Waals surface area contributed by atoms with Crippen molar-refractivity contribution < 1.29 is 9.84 Å². The number of ether oxygens (including phenoxy) is 1. The molecule has 0 atom stereocenters. The number of nitrogens with zero attached hydrogens (tertiary/aromatic N) is 4. The Labute approximate surface area is 123 Å². The zero-order valence-electron chi connectivity index (χ0n) is 12.4. The Hall–Kier alpha value is -2.41. The highest BCUT2D eigenvalue weighted by Crippen LogP contribution is 2.24. The third kappa shape index (κ3) is 3.79. The number of nitrogens with one attached hydrogen (secondary N) is 1.